The first-order chi connectivity index (χ1) is 11.7. The second-order valence-corrected chi connectivity index (χ2v) is 6.15. The fourth-order valence-corrected chi connectivity index (χ4v) is 3.44. The maximum absolute atomic E-state index is 9.47. The quantitative estimate of drug-likeness (QED) is 0.865. The van der Waals surface area contributed by atoms with Crippen molar-refractivity contribution in [2.75, 3.05) is 31.2 Å². The highest BCUT2D eigenvalue weighted by atomic mass is 32.1. The van der Waals surface area contributed by atoms with E-state index in [0.29, 0.717) is 18.9 Å². The molecule has 0 unspecified atom stereocenters. The molecule has 6 nitrogen and oxygen atoms in total. The maximum Gasteiger partial charge on any atom is 0.186 e. The van der Waals surface area contributed by atoms with Gasteiger partial charge in [-0.2, -0.15) is 10.5 Å². The van der Waals surface area contributed by atoms with Crippen LogP contribution in [0.15, 0.2) is 29.8 Å². The number of nitriles is 2. The Morgan fingerprint density at radius 1 is 1.21 bits per heavy atom. The fourth-order valence-electron chi connectivity index (χ4n) is 2.35. The van der Waals surface area contributed by atoms with Gasteiger partial charge in [-0.3, -0.25) is 0 Å². The highest BCUT2D eigenvalue weighted by Crippen LogP contribution is 2.35. The number of ether oxygens (including phenoxy) is 1. The van der Waals surface area contributed by atoms with Crippen LogP contribution in [0.4, 0.5) is 5.13 Å². The first-order valence-electron chi connectivity index (χ1n) is 7.36. The van der Waals surface area contributed by atoms with Gasteiger partial charge >= 0.3 is 0 Å². The molecule has 0 radical (unpaired) electrons. The van der Waals surface area contributed by atoms with Crippen LogP contribution in [0.5, 0.6) is 5.75 Å². The Balaban J connectivity index is 2.06. The number of rotatable bonds is 3. The number of aromatic nitrogens is 1. The first-order valence-corrected chi connectivity index (χ1v) is 8.17. The van der Waals surface area contributed by atoms with E-state index >= 15 is 0 Å². The number of morpholine rings is 1. The third-order valence-electron chi connectivity index (χ3n) is 3.58. The van der Waals surface area contributed by atoms with E-state index in [1.54, 1.807) is 30.3 Å². The van der Waals surface area contributed by atoms with E-state index in [9.17, 15) is 5.11 Å². The highest BCUT2D eigenvalue weighted by Gasteiger charge is 2.19. The molecular formula is C17H14N4O2S. The van der Waals surface area contributed by atoms with Crippen molar-refractivity contribution in [2.45, 2.75) is 0 Å². The van der Waals surface area contributed by atoms with Gasteiger partial charge in [0.05, 0.1) is 23.8 Å². The molecule has 1 aliphatic rings. The molecule has 0 bridgehead atoms. The second kappa shape index (κ2) is 7.14. The number of phenolic OH excluding ortho intramolecular Hbond substituents is 1. The Kier molecular flexibility index (Phi) is 4.76. The molecule has 120 valence electrons. The van der Waals surface area contributed by atoms with Gasteiger partial charge < -0.3 is 14.7 Å². The summed E-state index contributed by atoms with van der Waals surface area (Å²) in [4.78, 5) is 7.58. The number of hydrogen-bond acceptors (Lipinski definition) is 7. The third-order valence-corrected chi connectivity index (χ3v) is 4.64. The number of allylic oxidation sites excluding steroid dienone is 1. The molecular weight excluding hydrogens is 324 g/mol. The molecule has 0 spiro atoms. The Hall–Kier alpha value is -2.87. The summed E-state index contributed by atoms with van der Waals surface area (Å²) in [6, 6.07) is 10.5. The van der Waals surface area contributed by atoms with Crippen molar-refractivity contribution >= 4 is 22.5 Å². The van der Waals surface area contributed by atoms with Crippen molar-refractivity contribution in [3.63, 3.8) is 0 Å². The summed E-state index contributed by atoms with van der Waals surface area (Å²) in [7, 11) is 0. The Morgan fingerprint density at radius 2 is 1.88 bits per heavy atom. The number of nitrogens with zero attached hydrogens (tertiary/aromatic N) is 4. The van der Waals surface area contributed by atoms with Crippen LogP contribution in [0.2, 0.25) is 0 Å². The minimum Gasteiger partial charge on any atom is -0.508 e. The summed E-state index contributed by atoms with van der Waals surface area (Å²) >= 11 is 1.44. The standard InChI is InChI=1S/C17H14N4O2S/c18-10-12(11-19)9-15-16(13-1-3-14(22)4-2-13)20-17(24-15)21-5-7-23-8-6-21/h1-4,9,22H,5-8H2. The third kappa shape index (κ3) is 3.38. The largest absolute Gasteiger partial charge is 0.508 e. The molecule has 0 aliphatic carbocycles. The van der Waals surface area contributed by atoms with Crippen LogP contribution in [0.25, 0.3) is 17.3 Å². The lowest BCUT2D eigenvalue weighted by Gasteiger charge is -2.26. The molecule has 1 aromatic heterocycles. The molecule has 0 saturated carbocycles. The lowest BCUT2D eigenvalue weighted by Crippen LogP contribution is -2.36. The monoisotopic (exact) mass is 338 g/mol. The maximum atomic E-state index is 9.47. The predicted octanol–water partition coefficient (Wildman–Crippen LogP) is 2.78. The van der Waals surface area contributed by atoms with E-state index < -0.39 is 0 Å². The molecule has 1 N–H and O–H groups in total. The van der Waals surface area contributed by atoms with E-state index in [1.807, 2.05) is 12.1 Å². The summed E-state index contributed by atoms with van der Waals surface area (Å²) < 4.78 is 5.36. The van der Waals surface area contributed by atoms with Gasteiger partial charge in [-0.15, -0.1) is 0 Å². The van der Waals surface area contributed by atoms with Gasteiger partial charge in [0, 0.05) is 18.7 Å². The van der Waals surface area contributed by atoms with Crippen LogP contribution in [0.1, 0.15) is 4.88 Å². The van der Waals surface area contributed by atoms with Gasteiger partial charge in [-0.25, -0.2) is 4.98 Å². The number of phenols is 1. The van der Waals surface area contributed by atoms with Gasteiger partial charge in [0.1, 0.15) is 23.5 Å². The van der Waals surface area contributed by atoms with E-state index in [2.05, 4.69) is 4.90 Å². The number of thiazole rings is 1. The summed E-state index contributed by atoms with van der Waals surface area (Å²) in [5.41, 5.74) is 1.56. The Labute approximate surface area is 143 Å². The topological polar surface area (TPSA) is 93.2 Å². The minimum atomic E-state index is 0.0344. The van der Waals surface area contributed by atoms with Gasteiger partial charge in [0.25, 0.3) is 0 Å². The van der Waals surface area contributed by atoms with Gasteiger partial charge in [-0.05, 0) is 30.3 Å². The molecule has 3 rings (SSSR count). The highest BCUT2D eigenvalue weighted by molar-refractivity contribution is 7.17. The molecule has 1 fully saturated rings. The number of aromatic hydroxyl groups is 1. The van der Waals surface area contributed by atoms with Crippen molar-refractivity contribution < 1.29 is 9.84 Å². The van der Waals surface area contributed by atoms with Gasteiger partial charge in [0.15, 0.2) is 5.13 Å². The summed E-state index contributed by atoms with van der Waals surface area (Å²) in [5.74, 6) is 0.175. The lowest BCUT2D eigenvalue weighted by atomic mass is 10.1. The van der Waals surface area contributed by atoms with Crippen LogP contribution >= 0.6 is 11.3 Å². The molecule has 1 aromatic carbocycles. The lowest BCUT2D eigenvalue weighted by molar-refractivity contribution is 0.122. The van der Waals surface area contributed by atoms with Crippen molar-refractivity contribution in [2.24, 2.45) is 0 Å². The molecule has 7 heteroatoms. The first kappa shape index (κ1) is 16.0. The number of hydrogen-bond donors (Lipinski definition) is 1. The molecule has 24 heavy (non-hydrogen) atoms. The molecule has 2 heterocycles. The SMILES string of the molecule is N#CC(C#N)=Cc1sc(N2CCOCC2)nc1-c1ccc(O)cc1. The Morgan fingerprint density at radius 3 is 2.50 bits per heavy atom. The fraction of sp³-hybridized carbons (Fsp3) is 0.235. The molecule has 0 amide bonds. The number of benzene rings is 1. The predicted molar refractivity (Wildman–Crippen MR) is 91.4 cm³/mol. The summed E-state index contributed by atoms with van der Waals surface area (Å²) in [6.45, 7) is 2.83. The minimum absolute atomic E-state index is 0.0344. The van der Waals surface area contributed by atoms with Crippen LogP contribution < -0.4 is 4.90 Å². The van der Waals surface area contributed by atoms with Crippen LogP contribution in [0.3, 0.4) is 0 Å². The average Bonchev–Trinajstić information content (AvgIpc) is 3.05. The van der Waals surface area contributed by atoms with Gasteiger partial charge in [-0.1, -0.05) is 11.3 Å². The van der Waals surface area contributed by atoms with Crippen molar-refractivity contribution in [1.82, 2.24) is 4.98 Å². The molecule has 1 saturated heterocycles. The van der Waals surface area contributed by atoms with E-state index in [1.165, 1.54) is 11.3 Å². The smallest absolute Gasteiger partial charge is 0.186 e. The Bertz CT molecular complexity index is 821. The van der Waals surface area contributed by atoms with Crippen LogP contribution in [0, 0.1) is 22.7 Å². The van der Waals surface area contributed by atoms with E-state index in [-0.39, 0.29) is 11.3 Å². The van der Waals surface area contributed by atoms with Crippen molar-refractivity contribution in [3.8, 4) is 29.1 Å². The summed E-state index contributed by atoms with van der Waals surface area (Å²) in [5, 5.41) is 28.3. The molecule has 2 aromatic rings. The normalized spacial score (nSPS) is 13.8. The van der Waals surface area contributed by atoms with E-state index in [0.717, 1.165) is 28.7 Å². The zero-order valence-corrected chi connectivity index (χ0v) is 13.6. The van der Waals surface area contributed by atoms with Crippen LogP contribution in [-0.2, 0) is 4.74 Å². The van der Waals surface area contributed by atoms with E-state index in [4.69, 9.17) is 20.2 Å². The van der Waals surface area contributed by atoms with Gasteiger partial charge in [0.2, 0.25) is 0 Å². The zero-order valence-electron chi connectivity index (χ0n) is 12.8. The van der Waals surface area contributed by atoms with Crippen molar-refractivity contribution in [3.05, 3.63) is 34.7 Å². The average molecular weight is 338 g/mol. The molecule has 1 aliphatic heterocycles. The summed E-state index contributed by atoms with van der Waals surface area (Å²) in [6.07, 6.45) is 1.56. The van der Waals surface area contributed by atoms with Crippen LogP contribution in [-0.4, -0.2) is 36.4 Å². The number of anilines is 1. The zero-order chi connectivity index (χ0) is 16.9. The second-order valence-electron chi connectivity index (χ2n) is 5.14. The van der Waals surface area contributed by atoms with Crippen molar-refractivity contribution in [1.29, 1.82) is 10.5 Å². The molecule has 0 atom stereocenters.